The van der Waals surface area contributed by atoms with Gasteiger partial charge < -0.3 is 33.8 Å². The Hall–Kier alpha value is -3.87. The Labute approximate surface area is 237 Å². The van der Waals surface area contributed by atoms with E-state index >= 15 is 0 Å². The number of hydrogen-bond acceptors (Lipinski definition) is 12. The maximum absolute atomic E-state index is 14.0. The van der Waals surface area contributed by atoms with Crippen LogP contribution in [0, 0.1) is 5.92 Å². The Morgan fingerprint density at radius 1 is 1.12 bits per heavy atom. The molecule has 1 aliphatic carbocycles. The number of methoxy groups -OCH3 is 3. The summed E-state index contributed by atoms with van der Waals surface area (Å²) >= 11 is 0. The molecule has 1 aliphatic rings. The zero-order valence-corrected chi connectivity index (χ0v) is 24.7. The van der Waals surface area contributed by atoms with Crippen LogP contribution in [0.15, 0.2) is 36.7 Å². The first kappa shape index (κ1) is 30.1. The lowest BCUT2D eigenvalue weighted by atomic mass is 10.1. The van der Waals surface area contributed by atoms with Crippen LogP contribution in [0.1, 0.15) is 33.2 Å². The molecule has 4 atom stereocenters. The Morgan fingerprint density at radius 3 is 2.56 bits per heavy atom. The highest BCUT2D eigenvalue weighted by Crippen LogP contribution is 2.47. The van der Waals surface area contributed by atoms with Crippen molar-refractivity contribution in [3.63, 3.8) is 0 Å². The molecule has 222 valence electrons. The number of nitrogens with zero attached hydrogens (tertiary/aromatic N) is 4. The predicted octanol–water partition coefficient (Wildman–Crippen LogP) is 3.68. The van der Waals surface area contributed by atoms with Gasteiger partial charge in [0.15, 0.2) is 22.7 Å². The predicted molar refractivity (Wildman–Crippen MR) is 150 cm³/mol. The SMILES string of the molecule is COc1ccc(OP(=O)(N[C@@H](C)C(=O)OC(C)C)OC[C@@H]2C=C[C@H](n3cnc4c(OC)nc(N)nc43)C2)cc1OC. The number of benzene rings is 1. The van der Waals surface area contributed by atoms with E-state index in [0.717, 1.165) is 0 Å². The molecule has 15 heteroatoms. The number of ether oxygens (including phenoxy) is 4. The van der Waals surface area contributed by atoms with Gasteiger partial charge in [-0.05, 0) is 39.3 Å². The molecule has 1 aromatic carbocycles. The fourth-order valence-corrected chi connectivity index (χ4v) is 5.83. The molecule has 3 N–H and O–H groups in total. The first-order valence-corrected chi connectivity index (χ1v) is 14.5. The zero-order chi connectivity index (χ0) is 29.7. The second-order valence-corrected chi connectivity index (χ2v) is 11.3. The molecule has 0 saturated carbocycles. The number of hydrogen-bond donors (Lipinski definition) is 2. The van der Waals surface area contributed by atoms with E-state index in [9.17, 15) is 9.36 Å². The Balaban J connectivity index is 1.50. The molecule has 3 aromatic rings. The standard InChI is InChI=1S/C26H35N6O8P/c1-15(2)39-25(33)16(3)31-41(34,40-19-9-10-20(35-4)21(12-19)36-5)38-13-17-7-8-18(11-17)32-14-28-22-23(32)29-26(27)30-24(22)37-6/h7-10,12,14-18H,11,13H2,1-6H3,(H,31,34)(H2,27,29,30)/t16-,17+,18-,41?/m0/s1. The van der Waals surface area contributed by atoms with Crippen molar-refractivity contribution in [2.24, 2.45) is 5.92 Å². The highest BCUT2D eigenvalue weighted by molar-refractivity contribution is 7.52. The van der Waals surface area contributed by atoms with Crippen LogP contribution in [-0.2, 0) is 18.6 Å². The summed E-state index contributed by atoms with van der Waals surface area (Å²) < 4.78 is 48.7. The number of nitrogens with two attached hydrogens (primary N) is 1. The van der Waals surface area contributed by atoms with Crippen molar-refractivity contribution in [2.75, 3.05) is 33.7 Å². The third-order valence-corrected chi connectivity index (χ3v) is 7.85. The molecule has 14 nitrogen and oxygen atoms in total. The Kier molecular flexibility index (Phi) is 9.36. The van der Waals surface area contributed by atoms with Crippen molar-refractivity contribution in [2.45, 2.75) is 45.4 Å². The second kappa shape index (κ2) is 12.8. The first-order valence-electron chi connectivity index (χ1n) is 12.9. The molecule has 0 bridgehead atoms. The normalized spacial score (nSPS) is 18.7. The molecule has 0 amide bonds. The number of fused-ring (bicyclic) bond motifs is 1. The van der Waals surface area contributed by atoms with E-state index < -0.39 is 19.8 Å². The fourth-order valence-electron chi connectivity index (χ4n) is 4.29. The molecule has 2 aromatic heterocycles. The molecule has 0 saturated heterocycles. The second-order valence-electron chi connectivity index (χ2n) is 9.60. The summed E-state index contributed by atoms with van der Waals surface area (Å²) in [7, 11) is 0.376. The molecule has 0 radical (unpaired) electrons. The van der Waals surface area contributed by atoms with Gasteiger partial charge in [0, 0.05) is 12.0 Å². The number of nitrogen functional groups attached to an aromatic ring is 1. The van der Waals surface area contributed by atoms with E-state index in [-0.39, 0.29) is 42.2 Å². The number of carbonyl (C=O) groups excluding carboxylic acids is 1. The average Bonchev–Trinajstić information content (AvgIpc) is 3.58. The highest BCUT2D eigenvalue weighted by atomic mass is 31.2. The van der Waals surface area contributed by atoms with E-state index in [2.05, 4.69) is 20.0 Å². The van der Waals surface area contributed by atoms with Gasteiger partial charge in [0.25, 0.3) is 0 Å². The number of esters is 1. The molecular weight excluding hydrogens is 555 g/mol. The van der Waals surface area contributed by atoms with Crippen molar-refractivity contribution in [1.29, 1.82) is 0 Å². The van der Waals surface area contributed by atoms with Crippen molar-refractivity contribution < 1.29 is 37.4 Å². The van der Waals surface area contributed by atoms with Gasteiger partial charge in [-0.1, -0.05) is 12.2 Å². The minimum Gasteiger partial charge on any atom is -0.493 e. The van der Waals surface area contributed by atoms with Crippen LogP contribution >= 0.6 is 7.75 Å². The molecule has 1 unspecified atom stereocenters. The van der Waals surface area contributed by atoms with E-state index in [1.54, 1.807) is 32.3 Å². The Bertz CT molecular complexity index is 1460. The third kappa shape index (κ3) is 7.07. The van der Waals surface area contributed by atoms with Crippen molar-refractivity contribution in [3.8, 4) is 23.1 Å². The largest absolute Gasteiger partial charge is 0.493 e. The van der Waals surface area contributed by atoms with Gasteiger partial charge in [0.1, 0.15) is 11.8 Å². The van der Waals surface area contributed by atoms with Gasteiger partial charge in [-0.3, -0.25) is 9.32 Å². The van der Waals surface area contributed by atoms with Crippen molar-refractivity contribution in [1.82, 2.24) is 24.6 Å². The molecular formula is C26H35N6O8P. The Morgan fingerprint density at radius 2 is 1.88 bits per heavy atom. The van der Waals surface area contributed by atoms with Crippen molar-refractivity contribution in [3.05, 3.63) is 36.7 Å². The van der Waals surface area contributed by atoms with Gasteiger partial charge in [-0.2, -0.15) is 15.1 Å². The lowest BCUT2D eigenvalue weighted by molar-refractivity contribution is -0.149. The molecule has 41 heavy (non-hydrogen) atoms. The van der Waals surface area contributed by atoms with Gasteiger partial charge in [0.2, 0.25) is 11.8 Å². The summed E-state index contributed by atoms with van der Waals surface area (Å²) in [6.45, 7) is 5.01. The van der Waals surface area contributed by atoms with Crippen LogP contribution in [0.5, 0.6) is 23.1 Å². The third-order valence-electron chi connectivity index (χ3n) is 6.20. The maximum atomic E-state index is 14.0. The maximum Gasteiger partial charge on any atom is 0.459 e. The highest BCUT2D eigenvalue weighted by Gasteiger charge is 2.34. The van der Waals surface area contributed by atoms with E-state index in [0.29, 0.717) is 29.1 Å². The van der Waals surface area contributed by atoms with E-state index in [1.807, 2.05) is 16.7 Å². The number of imidazole rings is 1. The van der Waals surface area contributed by atoms with Gasteiger partial charge in [-0.15, -0.1) is 0 Å². The van der Waals surface area contributed by atoms with Crippen molar-refractivity contribution >= 4 is 30.8 Å². The number of anilines is 1. The van der Waals surface area contributed by atoms with E-state index in [4.69, 9.17) is 33.7 Å². The minimum absolute atomic E-state index is 0.0313. The molecule has 4 rings (SSSR count). The quantitative estimate of drug-likeness (QED) is 0.168. The topological polar surface area (TPSA) is 171 Å². The van der Waals surface area contributed by atoms with Gasteiger partial charge >= 0.3 is 13.7 Å². The minimum atomic E-state index is -4.09. The number of allylic oxidation sites excluding steroid dienone is 1. The van der Waals surface area contributed by atoms with Crippen LogP contribution < -0.4 is 29.6 Å². The van der Waals surface area contributed by atoms with Gasteiger partial charge in [-0.25, -0.2) is 9.55 Å². The summed E-state index contributed by atoms with van der Waals surface area (Å²) in [6, 6.07) is 3.60. The lowest BCUT2D eigenvalue weighted by Gasteiger charge is -2.24. The van der Waals surface area contributed by atoms with Crippen LogP contribution in [-0.4, -0.2) is 65.6 Å². The number of aromatic nitrogens is 4. The zero-order valence-electron chi connectivity index (χ0n) is 23.8. The van der Waals surface area contributed by atoms with Crippen LogP contribution in [0.4, 0.5) is 5.95 Å². The summed E-state index contributed by atoms with van der Waals surface area (Å²) in [5.74, 6) is 0.666. The van der Waals surface area contributed by atoms with Crippen LogP contribution in [0.2, 0.25) is 0 Å². The molecule has 0 aliphatic heterocycles. The summed E-state index contributed by atoms with van der Waals surface area (Å²) in [5, 5.41) is 2.70. The molecule has 2 heterocycles. The first-order chi connectivity index (χ1) is 19.6. The molecule has 0 spiro atoms. The molecule has 0 fully saturated rings. The fraction of sp³-hybridized carbons (Fsp3) is 0.462. The monoisotopic (exact) mass is 590 g/mol. The number of rotatable bonds is 13. The van der Waals surface area contributed by atoms with Crippen LogP contribution in [0.25, 0.3) is 11.2 Å². The van der Waals surface area contributed by atoms with E-state index in [1.165, 1.54) is 34.3 Å². The number of carbonyl (C=O) groups is 1. The summed E-state index contributed by atoms with van der Waals surface area (Å²) in [6.07, 6.45) is 5.83. The summed E-state index contributed by atoms with van der Waals surface area (Å²) in [5.41, 5.74) is 6.88. The van der Waals surface area contributed by atoms with Gasteiger partial charge in [0.05, 0.1) is 46.4 Å². The lowest BCUT2D eigenvalue weighted by Crippen LogP contribution is -2.36. The van der Waals surface area contributed by atoms with Crippen LogP contribution in [0.3, 0.4) is 0 Å². The average molecular weight is 591 g/mol. The number of nitrogens with one attached hydrogen (secondary N) is 1. The summed E-state index contributed by atoms with van der Waals surface area (Å²) in [4.78, 5) is 25.3. The smallest absolute Gasteiger partial charge is 0.459 e.